The summed E-state index contributed by atoms with van der Waals surface area (Å²) in [5, 5.41) is 0. The van der Waals surface area contributed by atoms with Crippen molar-refractivity contribution in [2.24, 2.45) is 5.41 Å². The van der Waals surface area contributed by atoms with E-state index in [2.05, 4.69) is 0 Å². The highest BCUT2D eigenvalue weighted by Crippen LogP contribution is 2.35. The van der Waals surface area contributed by atoms with Gasteiger partial charge in [0.2, 0.25) is 0 Å². The van der Waals surface area contributed by atoms with Crippen molar-refractivity contribution in [1.29, 1.82) is 0 Å². The topological polar surface area (TPSA) is 43.4 Å². The number of cyclic esters (lactones) is 1. The van der Waals surface area contributed by atoms with E-state index in [0.717, 1.165) is 5.56 Å². The number of carbonyl (C=O) groups excluding carboxylic acids is 2. The van der Waals surface area contributed by atoms with Crippen molar-refractivity contribution in [3.63, 3.8) is 0 Å². The Labute approximate surface area is 98.6 Å². The van der Waals surface area contributed by atoms with Crippen LogP contribution in [0.3, 0.4) is 0 Å². The normalized spacial score (nSPS) is 23.5. The molecule has 0 amide bonds. The van der Waals surface area contributed by atoms with E-state index in [4.69, 9.17) is 4.74 Å². The van der Waals surface area contributed by atoms with Crippen LogP contribution < -0.4 is 0 Å². The standard InChI is InChI=1S/C13H13FO3/c1-9(15)13(6-7-17-12(13)16)8-10-2-4-11(14)5-3-10/h2-5H,6-8H2,1H3. The molecule has 1 aromatic carbocycles. The van der Waals surface area contributed by atoms with Crippen LogP contribution in [0.25, 0.3) is 0 Å². The smallest absolute Gasteiger partial charge is 0.320 e. The molecule has 1 aliphatic rings. The van der Waals surface area contributed by atoms with E-state index in [1.807, 2.05) is 0 Å². The van der Waals surface area contributed by atoms with E-state index in [1.54, 1.807) is 12.1 Å². The van der Waals surface area contributed by atoms with Crippen LogP contribution in [0.4, 0.5) is 4.39 Å². The van der Waals surface area contributed by atoms with Crippen LogP contribution >= 0.6 is 0 Å². The van der Waals surface area contributed by atoms with Gasteiger partial charge in [0.1, 0.15) is 17.0 Å². The summed E-state index contributed by atoms with van der Waals surface area (Å²) in [6.45, 7) is 1.68. The molecule has 0 bridgehead atoms. The minimum Gasteiger partial charge on any atom is -0.465 e. The molecular formula is C13H13FO3. The van der Waals surface area contributed by atoms with E-state index >= 15 is 0 Å². The predicted molar refractivity (Wildman–Crippen MR) is 58.8 cm³/mol. The van der Waals surface area contributed by atoms with Crippen molar-refractivity contribution >= 4 is 11.8 Å². The number of Topliss-reactive ketones (excluding diaryl/α,β-unsaturated/α-hetero) is 1. The second-order valence-electron chi connectivity index (χ2n) is 4.33. The highest BCUT2D eigenvalue weighted by atomic mass is 19.1. The molecule has 1 aliphatic heterocycles. The highest BCUT2D eigenvalue weighted by molar-refractivity contribution is 6.04. The Hall–Kier alpha value is -1.71. The van der Waals surface area contributed by atoms with Gasteiger partial charge < -0.3 is 4.74 Å². The Morgan fingerprint density at radius 3 is 2.53 bits per heavy atom. The van der Waals surface area contributed by atoms with E-state index in [0.29, 0.717) is 6.42 Å². The van der Waals surface area contributed by atoms with Gasteiger partial charge in [0, 0.05) is 6.42 Å². The van der Waals surface area contributed by atoms with Crippen molar-refractivity contribution in [3.8, 4) is 0 Å². The third-order valence-electron chi connectivity index (χ3n) is 3.25. The van der Waals surface area contributed by atoms with Crippen LogP contribution in [-0.4, -0.2) is 18.4 Å². The molecule has 90 valence electrons. The molecule has 1 fully saturated rings. The molecule has 0 saturated carbocycles. The summed E-state index contributed by atoms with van der Waals surface area (Å²) >= 11 is 0. The lowest BCUT2D eigenvalue weighted by atomic mass is 9.77. The Morgan fingerprint density at radius 1 is 1.41 bits per heavy atom. The van der Waals surface area contributed by atoms with E-state index in [1.165, 1.54) is 19.1 Å². The molecule has 1 atom stereocenters. The Balaban J connectivity index is 2.28. The number of rotatable bonds is 3. The summed E-state index contributed by atoms with van der Waals surface area (Å²) < 4.78 is 17.7. The van der Waals surface area contributed by atoms with Crippen LogP contribution in [-0.2, 0) is 20.7 Å². The number of halogens is 1. The van der Waals surface area contributed by atoms with Crippen LogP contribution in [0.1, 0.15) is 18.9 Å². The minimum atomic E-state index is -1.07. The monoisotopic (exact) mass is 236 g/mol. The number of benzene rings is 1. The van der Waals surface area contributed by atoms with Crippen molar-refractivity contribution in [1.82, 2.24) is 0 Å². The molecule has 0 aliphatic carbocycles. The van der Waals surface area contributed by atoms with Gasteiger partial charge in [-0.3, -0.25) is 9.59 Å². The van der Waals surface area contributed by atoms with Crippen molar-refractivity contribution in [2.45, 2.75) is 19.8 Å². The first-order chi connectivity index (χ1) is 8.04. The Kier molecular flexibility index (Phi) is 2.96. The van der Waals surface area contributed by atoms with E-state index < -0.39 is 11.4 Å². The van der Waals surface area contributed by atoms with E-state index in [9.17, 15) is 14.0 Å². The van der Waals surface area contributed by atoms with E-state index in [-0.39, 0.29) is 24.6 Å². The zero-order valence-electron chi connectivity index (χ0n) is 9.53. The fourth-order valence-electron chi connectivity index (χ4n) is 2.11. The summed E-state index contributed by atoms with van der Waals surface area (Å²) in [7, 11) is 0. The first kappa shape index (κ1) is 11.8. The van der Waals surface area contributed by atoms with Crippen LogP contribution in [0, 0.1) is 11.2 Å². The maximum absolute atomic E-state index is 12.8. The lowest BCUT2D eigenvalue weighted by molar-refractivity contribution is -0.150. The van der Waals surface area contributed by atoms with Gasteiger partial charge in [-0.05, 0) is 31.0 Å². The average molecular weight is 236 g/mol. The SMILES string of the molecule is CC(=O)C1(Cc2ccc(F)cc2)CCOC1=O. The van der Waals surface area contributed by atoms with Gasteiger partial charge in [0.15, 0.2) is 0 Å². The predicted octanol–water partition coefficient (Wildman–Crippen LogP) is 1.89. The third-order valence-corrected chi connectivity index (χ3v) is 3.25. The second-order valence-corrected chi connectivity index (χ2v) is 4.33. The van der Waals surface area contributed by atoms with Crippen molar-refractivity contribution in [2.75, 3.05) is 6.61 Å². The van der Waals surface area contributed by atoms with Gasteiger partial charge in [-0.2, -0.15) is 0 Å². The third kappa shape index (κ3) is 2.07. The van der Waals surface area contributed by atoms with Gasteiger partial charge in [-0.25, -0.2) is 4.39 Å². The molecule has 0 aromatic heterocycles. The molecule has 1 saturated heterocycles. The first-order valence-electron chi connectivity index (χ1n) is 5.47. The fourth-order valence-corrected chi connectivity index (χ4v) is 2.11. The lowest BCUT2D eigenvalue weighted by Gasteiger charge is -2.21. The molecule has 0 radical (unpaired) electrons. The van der Waals surface area contributed by atoms with Crippen LogP contribution in [0.5, 0.6) is 0 Å². The molecule has 17 heavy (non-hydrogen) atoms. The molecule has 2 rings (SSSR count). The summed E-state index contributed by atoms with van der Waals surface area (Å²) in [5.41, 5.74) is -0.307. The maximum atomic E-state index is 12.8. The fraction of sp³-hybridized carbons (Fsp3) is 0.385. The number of esters is 1. The molecule has 1 aromatic rings. The van der Waals surface area contributed by atoms with Crippen molar-refractivity contribution in [3.05, 3.63) is 35.6 Å². The molecule has 0 N–H and O–H groups in total. The van der Waals surface area contributed by atoms with Gasteiger partial charge >= 0.3 is 5.97 Å². The van der Waals surface area contributed by atoms with Gasteiger partial charge in [0.25, 0.3) is 0 Å². The van der Waals surface area contributed by atoms with Crippen LogP contribution in [0.15, 0.2) is 24.3 Å². The lowest BCUT2D eigenvalue weighted by Crippen LogP contribution is -2.36. The quantitative estimate of drug-likeness (QED) is 0.594. The zero-order chi connectivity index (χ0) is 12.5. The molecule has 0 spiro atoms. The van der Waals surface area contributed by atoms with Gasteiger partial charge in [0.05, 0.1) is 6.61 Å². The van der Waals surface area contributed by atoms with Crippen LogP contribution in [0.2, 0.25) is 0 Å². The number of hydrogen-bond donors (Lipinski definition) is 0. The average Bonchev–Trinajstić information content (AvgIpc) is 2.65. The maximum Gasteiger partial charge on any atom is 0.320 e. The summed E-state index contributed by atoms with van der Waals surface area (Å²) in [4.78, 5) is 23.4. The van der Waals surface area contributed by atoms with Gasteiger partial charge in [-0.15, -0.1) is 0 Å². The van der Waals surface area contributed by atoms with Crippen molar-refractivity contribution < 1.29 is 18.7 Å². The summed E-state index contributed by atoms with van der Waals surface area (Å²) in [6.07, 6.45) is 0.681. The summed E-state index contributed by atoms with van der Waals surface area (Å²) in [6, 6.07) is 5.82. The molecular weight excluding hydrogens is 223 g/mol. The number of ether oxygens (including phenoxy) is 1. The molecule has 3 nitrogen and oxygen atoms in total. The second kappa shape index (κ2) is 4.28. The molecule has 1 unspecified atom stereocenters. The Morgan fingerprint density at radius 2 is 2.06 bits per heavy atom. The molecule has 4 heteroatoms. The largest absolute Gasteiger partial charge is 0.465 e. The zero-order valence-corrected chi connectivity index (χ0v) is 9.53. The number of ketones is 1. The minimum absolute atomic E-state index is 0.190. The summed E-state index contributed by atoms with van der Waals surface area (Å²) in [5.74, 6) is -0.988. The molecule has 1 heterocycles. The highest BCUT2D eigenvalue weighted by Gasteiger charge is 2.48. The number of hydrogen-bond acceptors (Lipinski definition) is 3. The number of carbonyl (C=O) groups is 2. The first-order valence-corrected chi connectivity index (χ1v) is 5.47. The van der Waals surface area contributed by atoms with Gasteiger partial charge in [-0.1, -0.05) is 12.1 Å². The Bertz CT molecular complexity index is 452.